The molecule has 0 fully saturated rings. The number of urea groups is 1. The molecule has 2 amide bonds. The van der Waals surface area contributed by atoms with Crippen LogP contribution in [-0.4, -0.2) is 28.3 Å². The highest BCUT2D eigenvalue weighted by Crippen LogP contribution is 2.24. The SMILES string of the molecule is COCc1nc(NC(=O)NC(C)c2ccccc2)cc2[nH]nc(N)c12. The van der Waals surface area contributed by atoms with Gasteiger partial charge in [0, 0.05) is 13.2 Å². The predicted molar refractivity (Wildman–Crippen MR) is 96.0 cm³/mol. The molecule has 0 spiro atoms. The van der Waals surface area contributed by atoms with Crippen LogP contribution in [0.3, 0.4) is 0 Å². The number of H-pyrrole nitrogens is 1. The number of aromatic amines is 1. The number of pyridine rings is 1. The smallest absolute Gasteiger partial charge is 0.320 e. The van der Waals surface area contributed by atoms with Gasteiger partial charge in [0.2, 0.25) is 0 Å². The number of hydrogen-bond acceptors (Lipinski definition) is 5. The number of aromatic nitrogens is 3. The molecule has 0 aliphatic heterocycles. The molecule has 0 bridgehead atoms. The van der Waals surface area contributed by atoms with E-state index in [2.05, 4.69) is 25.8 Å². The van der Waals surface area contributed by atoms with Crippen LogP contribution in [0.25, 0.3) is 10.9 Å². The van der Waals surface area contributed by atoms with Gasteiger partial charge in [-0.15, -0.1) is 0 Å². The Hall–Kier alpha value is -3.13. The monoisotopic (exact) mass is 340 g/mol. The molecule has 1 unspecified atom stereocenters. The molecule has 3 rings (SSSR count). The second-order valence-electron chi connectivity index (χ2n) is 5.65. The van der Waals surface area contributed by atoms with Gasteiger partial charge in [-0.3, -0.25) is 10.4 Å². The predicted octanol–water partition coefficient (Wildman–Crippen LogP) is 2.57. The number of fused-ring (bicyclic) bond motifs is 1. The summed E-state index contributed by atoms with van der Waals surface area (Å²) in [5, 5.41) is 13.1. The van der Waals surface area contributed by atoms with Crippen LogP contribution in [0.2, 0.25) is 0 Å². The van der Waals surface area contributed by atoms with Crippen LogP contribution in [0.5, 0.6) is 0 Å². The maximum Gasteiger partial charge on any atom is 0.320 e. The van der Waals surface area contributed by atoms with Crippen molar-refractivity contribution in [1.29, 1.82) is 0 Å². The average Bonchev–Trinajstić information content (AvgIpc) is 2.97. The van der Waals surface area contributed by atoms with Crippen LogP contribution in [0.4, 0.5) is 16.4 Å². The van der Waals surface area contributed by atoms with E-state index in [9.17, 15) is 4.79 Å². The van der Waals surface area contributed by atoms with Crippen molar-refractivity contribution in [1.82, 2.24) is 20.5 Å². The molecule has 2 heterocycles. The first kappa shape index (κ1) is 16.7. The van der Waals surface area contributed by atoms with Gasteiger partial charge in [-0.05, 0) is 12.5 Å². The maximum atomic E-state index is 12.3. The number of nitrogens with two attached hydrogens (primary N) is 1. The van der Waals surface area contributed by atoms with E-state index in [0.717, 1.165) is 5.56 Å². The van der Waals surface area contributed by atoms with Crippen LogP contribution < -0.4 is 16.4 Å². The van der Waals surface area contributed by atoms with E-state index in [1.54, 1.807) is 13.2 Å². The van der Waals surface area contributed by atoms with E-state index in [-0.39, 0.29) is 18.7 Å². The lowest BCUT2D eigenvalue weighted by atomic mass is 10.1. The van der Waals surface area contributed by atoms with Gasteiger partial charge in [-0.1, -0.05) is 30.3 Å². The molecule has 1 atom stereocenters. The number of methoxy groups -OCH3 is 1. The molecule has 130 valence electrons. The molecule has 0 aliphatic carbocycles. The summed E-state index contributed by atoms with van der Waals surface area (Å²) in [6.07, 6.45) is 0. The molecular formula is C17H20N6O2. The van der Waals surface area contributed by atoms with E-state index >= 15 is 0 Å². The Morgan fingerprint density at radius 3 is 2.84 bits per heavy atom. The fraction of sp³-hybridized carbons (Fsp3) is 0.235. The van der Waals surface area contributed by atoms with Crippen molar-refractivity contribution in [2.75, 3.05) is 18.2 Å². The number of ether oxygens (including phenoxy) is 1. The molecule has 8 heteroatoms. The van der Waals surface area contributed by atoms with Crippen LogP contribution in [0, 0.1) is 0 Å². The van der Waals surface area contributed by atoms with Gasteiger partial charge in [0.1, 0.15) is 5.82 Å². The molecule has 0 saturated heterocycles. The third-order valence-corrected chi connectivity index (χ3v) is 3.82. The minimum absolute atomic E-state index is 0.133. The number of amides is 2. The van der Waals surface area contributed by atoms with Crippen LogP contribution in [-0.2, 0) is 11.3 Å². The van der Waals surface area contributed by atoms with Gasteiger partial charge < -0.3 is 15.8 Å². The Morgan fingerprint density at radius 1 is 1.36 bits per heavy atom. The number of benzene rings is 1. The van der Waals surface area contributed by atoms with Crippen molar-refractivity contribution in [2.24, 2.45) is 0 Å². The number of carbonyl (C=O) groups excluding carboxylic acids is 1. The fourth-order valence-corrected chi connectivity index (χ4v) is 2.63. The zero-order valence-corrected chi connectivity index (χ0v) is 14.0. The lowest BCUT2D eigenvalue weighted by molar-refractivity contribution is 0.183. The molecule has 0 aliphatic rings. The quantitative estimate of drug-likeness (QED) is 0.569. The number of hydrogen-bond donors (Lipinski definition) is 4. The van der Waals surface area contributed by atoms with Gasteiger partial charge in [0.15, 0.2) is 5.82 Å². The number of rotatable bonds is 5. The van der Waals surface area contributed by atoms with Crippen molar-refractivity contribution >= 4 is 28.6 Å². The molecule has 3 aromatic rings. The summed E-state index contributed by atoms with van der Waals surface area (Å²) in [4.78, 5) is 16.7. The zero-order chi connectivity index (χ0) is 17.8. The summed E-state index contributed by atoms with van der Waals surface area (Å²) in [5.41, 5.74) is 8.16. The summed E-state index contributed by atoms with van der Waals surface area (Å²) in [5.74, 6) is 0.740. The standard InChI is InChI=1S/C17H20N6O2/c1-10(11-6-4-3-5-7-11)19-17(24)21-14-8-12-15(16(18)23-22-12)13(20-14)9-25-2/h3-8,10H,9H2,1-2H3,(H3,18,22,23)(H2,19,20,21,24). The molecule has 25 heavy (non-hydrogen) atoms. The van der Waals surface area contributed by atoms with Crippen molar-refractivity contribution in [2.45, 2.75) is 19.6 Å². The number of carbonyl (C=O) groups is 1. The Balaban J connectivity index is 1.77. The van der Waals surface area contributed by atoms with Crippen LogP contribution in [0.15, 0.2) is 36.4 Å². The van der Waals surface area contributed by atoms with Crippen LogP contribution in [0.1, 0.15) is 24.2 Å². The van der Waals surface area contributed by atoms with E-state index in [0.29, 0.717) is 28.2 Å². The van der Waals surface area contributed by atoms with Gasteiger partial charge in [-0.25, -0.2) is 9.78 Å². The second kappa shape index (κ2) is 7.18. The first-order valence-corrected chi connectivity index (χ1v) is 7.83. The molecule has 0 radical (unpaired) electrons. The number of nitrogen functional groups attached to an aromatic ring is 1. The lowest BCUT2D eigenvalue weighted by Gasteiger charge is -2.15. The minimum atomic E-state index is -0.348. The molecule has 2 aromatic heterocycles. The highest BCUT2D eigenvalue weighted by Gasteiger charge is 2.14. The Labute approximate surface area is 144 Å². The van der Waals surface area contributed by atoms with E-state index in [1.165, 1.54) is 0 Å². The molecule has 5 N–H and O–H groups in total. The first-order valence-electron chi connectivity index (χ1n) is 7.83. The van der Waals surface area contributed by atoms with E-state index in [4.69, 9.17) is 10.5 Å². The minimum Gasteiger partial charge on any atom is -0.382 e. The van der Waals surface area contributed by atoms with Gasteiger partial charge in [0.05, 0.1) is 29.2 Å². The summed E-state index contributed by atoms with van der Waals surface area (Å²) < 4.78 is 5.15. The van der Waals surface area contributed by atoms with Crippen molar-refractivity contribution < 1.29 is 9.53 Å². The van der Waals surface area contributed by atoms with Gasteiger partial charge in [-0.2, -0.15) is 5.10 Å². The summed E-state index contributed by atoms with van der Waals surface area (Å²) in [6, 6.07) is 10.9. The Bertz CT molecular complexity index is 877. The van der Waals surface area contributed by atoms with E-state index in [1.807, 2.05) is 37.3 Å². The first-order chi connectivity index (χ1) is 12.1. The summed E-state index contributed by atoms with van der Waals surface area (Å²) in [6.45, 7) is 2.18. The summed E-state index contributed by atoms with van der Waals surface area (Å²) >= 11 is 0. The fourth-order valence-electron chi connectivity index (χ4n) is 2.63. The van der Waals surface area contributed by atoms with Crippen LogP contribution >= 0.6 is 0 Å². The van der Waals surface area contributed by atoms with Crippen molar-refractivity contribution in [3.05, 3.63) is 47.7 Å². The normalized spacial score (nSPS) is 12.1. The summed E-state index contributed by atoms with van der Waals surface area (Å²) in [7, 11) is 1.57. The maximum absolute atomic E-state index is 12.3. The highest BCUT2D eigenvalue weighted by atomic mass is 16.5. The third-order valence-electron chi connectivity index (χ3n) is 3.82. The van der Waals surface area contributed by atoms with Gasteiger partial charge in [0.25, 0.3) is 0 Å². The highest BCUT2D eigenvalue weighted by molar-refractivity contribution is 5.95. The average molecular weight is 340 g/mol. The molecular weight excluding hydrogens is 320 g/mol. The second-order valence-corrected chi connectivity index (χ2v) is 5.65. The number of anilines is 2. The molecule has 8 nitrogen and oxygen atoms in total. The third kappa shape index (κ3) is 3.69. The topological polar surface area (TPSA) is 118 Å². The molecule has 0 saturated carbocycles. The number of nitrogens with zero attached hydrogens (tertiary/aromatic N) is 2. The largest absolute Gasteiger partial charge is 0.382 e. The number of nitrogens with one attached hydrogen (secondary N) is 3. The Kier molecular flexibility index (Phi) is 4.80. The Morgan fingerprint density at radius 2 is 2.12 bits per heavy atom. The van der Waals surface area contributed by atoms with E-state index < -0.39 is 0 Å². The lowest BCUT2D eigenvalue weighted by Crippen LogP contribution is -2.31. The molecule has 1 aromatic carbocycles. The van der Waals surface area contributed by atoms with Gasteiger partial charge >= 0.3 is 6.03 Å². The van der Waals surface area contributed by atoms with Crippen molar-refractivity contribution in [3.63, 3.8) is 0 Å². The van der Waals surface area contributed by atoms with Crippen molar-refractivity contribution in [3.8, 4) is 0 Å². The zero-order valence-electron chi connectivity index (χ0n) is 14.0.